The summed E-state index contributed by atoms with van der Waals surface area (Å²) < 4.78 is 1.77. The van der Waals surface area contributed by atoms with E-state index in [0.717, 1.165) is 11.2 Å². The number of hydrogen-bond donors (Lipinski definition) is 1. The van der Waals surface area contributed by atoms with E-state index in [2.05, 4.69) is 10.3 Å². The van der Waals surface area contributed by atoms with Gasteiger partial charge in [0.1, 0.15) is 11.7 Å². The van der Waals surface area contributed by atoms with Crippen molar-refractivity contribution in [2.24, 2.45) is 0 Å². The minimum atomic E-state index is -0.253. The van der Waals surface area contributed by atoms with Gasteiger partial charge in [-0.05, 0) is 6.42 Å². The number of rotatable bonds is 3. The molecule has 2 aromatic heterocycles. The smallest absolute Gasteiger partial charge is 0.242 e. The summed E-state index contributed by atoms with van der Waals surface area (Å²) in [4.78, 5) is 30.4. The molecule has 1 aliphatic heterocycles. The number of anilines is 1. The Hall–Kier alpha value is -1.89. The third kappa shape index (κ3) is 1.81. The van der Waals surface area contributed by atoms with Crippen molar-refractivity contribution in [2.45, 2.75) is 19.4 Å². The Bertz CT molecular complexity index is 633. The molecule has 0 aliphatic carbocycles. The highest BCUT2D eigenvalue weighted by Crippen LogP contribution is 2.26. The second-order valence-corrected chi connectivity index (χ2v) is 5.28. The third-order valence-electron chi connectivity index (χ3n) is 3.38. The number of imidazole rings is 1. The second kappa shape index (κ2) is 4.65. The third-order valence-corrected chi connectivity index (χ3v) is 4.14. The van der Waals surface area contributed by atoms with E-state index < -0.39 is 0 Å². The zero-order valence-electron chi connectivity index (χ0n) is 10.5. The van der Waals surface area contributed by atoms with Gasteiger partial charge in [-0.15, -0.1) is 11.3 Å². The fraction of sp³-hybridized carbons (Fsp3) is 0.417. The number of nitrogens with one attached hydrogen (secondary N) is 1. The number of carbonyl (C=O) groups is 2. The number of fused-ring (bicyclic) bond motifs is 1. The van der Waals surface area contributed by atoms with Crippen molar-refractivity contribution >= 4 is 34.3 Å². The molecule has 0 saturated carbocycles. The van der Waals surface area contributed by atoms with Crippen LogP contribution in [0.15, 0.2) is 11.6 Å². The minimum Gasteiger partial charge on any atom is -0.353 e. The Balaban J connectivity index is 2.09. The number of aromatic nitrogens is 2. The number of thiazole rings is 1. The van der Waals surface area contributed by atoms with Crippen molar-refractivity contribution in [1.29, 1.82) is 0 Å². The van der Waals surface area contributed by atoms with Gasteiger partial charge in [-0.1, -0.05) is 6.92 Å². The molecular weight excluding hydrogens is 264 g/mol. The molecule has 1 N–H and O–H groups in total. The number of amides is 1. The molecule has 100 valence electrons. The van der Waals surface area contributed by atoms with E-state index in [1.807, 2.05) is 23.4 Å². The predicted octanol–water partition coefficient (Wildman–Crippen LogP) is 0.923. The van der Waals surface area contributed by atoms with Crippen LogP contribution in [0.4, 0.5) is 5.82 Å². The Labute approximate surface area is 114 Å². The van der Waals surface area contributed by atoms with E-state index in [4.69, 9.17) is 0 Å². The van der Waals surface area contributed by atoms with E-state index in [9.17, 15) is 9.59 Å². The largest absolute Gasteiger partial charge is 0.353 e. The molecule has 0 spiro atoms. The summed E-state index contributed by atoms with van der Waals surface area (Å²) >= 11 is 1.48. The van der Waals surface area contributed by atoms with Crippen LogP contribution in [-0.4, -0.2) is 40.7 Å². The first-order valence-electron chi connectivity index (χ1n) is 6.21. The zero-order chi connectivity index (χ0) is 13.4. The minimum absolute atomic E-state index is 0.00181. The second-order valence-electron chi connectivity index (χ2n) is 4.40. The molecule has 1 fully saturated rings. The molecule has 1 unspecified atom stereocenters. The van der Waals surface area contributed by atoms with Crippen LogP contribution >= 0.6 is 11.3 Å². The van der Waals surface area contributed by atoms with Crippen LogP contribution in [0.1, 0.15) is 23.8 Å². The van der Waals surface area contributed by atoms with Crippen molar-refractivity contribution < 1.29 is 9.59 Å². The van der Waals surface area contributed by atoms with Crippen LogP contribution in [0.5, 0.6) is 0 Å². The summed E-state index contributed by atoms with van der Waals surface area (Å²) in [5.74, 6) is 0.616. The van der Waals surface area contributed by atoms with Crippen molar-refractivity contribution in [2.75, 3.05) is 18.0 Å². The normalized spacial score (nSPS) is 19.7. The van der Waals surface area contributed by atoms with E-state index in [0.29, 0.717) is 31.0 Å². The molecule has 1 saturated heterocycles. The fourth-order valence-electron chi connectivity index (χ4n) is 2.49. The number of piperazine rings is 1. The van der Waals surface area contributed by atoms with Gasteiger partial charge in [0.25, 0.3) is 0 Å². The fourth-order valence-corrected chi connectivity index (χ4v) is 3.20. The van der Waals surface area contributed by atoms with E-state index in [1.54, 1.807) is 4.40 Å². The maximum Gasteiger partial charge on any atom is 0.242 e. The highest BCUT2D eigenvalue weighted by molar-refractivity contribution is 7.15. The highest BCUT2D eigenvalue weighted by atomic mass is 32.1. The predicted molar refractivity (Wildman–Crippen MR) is 72.9 cm³/mol. The average Bonchev–Trinajstić information content (AvgIpc) is 2.98. The van der Waals surface area contributed by atoms with Gasteiger partial charge in [0.15, 0.2) is 17.1 Å². The van der Waals surface area contributed by atoms with Crippen molar-refractivity contribution in [3.8, 4) is 0 Å². The Morgan fingerprint density at radius 1 is 1.63 bits per heavy atom. The summed E-state index contributed by atoms with van der Waals surface area (Å²) in [6.45, 7) is 3.22. The number of hydrogen-bond acceptors (Lipinski definition) is 5. The van der Waals surface area contributed by atoms with Crippen LogP contribution in [0.3, 0.4) is 0 Å². The quantitative estimate of drug-likeness (QED) is 0.848. The summed E-state index contributed by atoms with van der Waals surface area (Å²) in [7, 11) is 0. The number of aldehydes is 1. The molecule has 2 aromatic rings. The lowest BCUT2D eigenvalue weighted by Gasteiger charge is -2.34. The first kappa shape index (κ1) is 12.2. The molecular formula is C12H14N4O2S. The molecule has 0 aromatic carbocycles. The SMILES string of the molecule is CCC1C(=O)NCCN1c1nc2sccn2c1C=O. The van der Waals surface area contributed by atoms with Crippen molar-refractivity contribution in [3.63, 3.8) is 0 Å². The van der Waals surface area contributed by atoms with Crippen LogP contribution < -0.4 is 10.2 Å². The Morgan fingerprint density at radius 2 is 2.47 bits per heavy atom. The van der Waals surface area contributed by atoms with Gasteiger partial charge >= 0.3 is 0 Å². The van der Waals surface area contributed by atoms with E-state index in [1.165, 1.54) is 11.3 Å². The molecule has 1 aliphatic rings. The van der Waals surface area contributed by atoms with Crippen molar-refractivity contribution in [1.82, 2.24) is 14.7 Å². The lowest BCUT2D eigenvalue weighted by atomic mass is 10.1. The topological polar surface area (TPSA) is 66.7 Å². The lowest BCUT2D eigenvalue weighted by molar-refractivity contribution is -0.123. The van der Waals surface area contributed by atoms with Crippen LogP contribution in [-0.2, 0) is 4.79 Å². The average molecular weight is 278 g/mol. The van der Waals surface area contributed by atoms with E-state index >= 15 is 0 Å². The van der Waals surface area contributed by atoms with Gasteiger partial charge in [0, 0.05) is 24.7 Å². The molecule has 6 nitrogen and oxygen atoms in total. The first-order valence-corrected chi connectivity index (χ1v) is 7.09. The molecule has 7 heteroatoms. The standard InChI is InChI=1S/C12H14N4O2S/c1-2-8-11(18)13-3-4-15(8)10-9(7-17)16-5-6-19-12(16)14-10/h5-8H,2-4H2,1H3,(H,13,18). The summed E-state index contributed by atoms with van der Waals surface area (Å²) in [6.07, 6.45) is 3.32. The molecule has 19 heavy (non-hydrogen) atoms. The summed E-state index contributed by atoms with van der Waals surface area (Å²) in [6, 6.07) is -0.253. The monoisotopic (exact) mass is 278 g/mol. The summed E-state index contributed by atoms with van der Waals surface area (Å²) in [5.41, 5.74) is 0.518. The molecule has 0 radical (unpaired) electrons. The molecule has 1 amide bonds. The van der Waals surface area contributed by atoms with Crippen LogP contribution in [0.25, 0.3) is 4.96 Å². The zero-order valence-corrected chi connectivity index (χ0v) is 11.3. The molecule has 3 rings (SSSR count). The Kier molecular flexibility index (Phi) is 2.98. The van der Waals surface area contributed by atoms with Gasteiger partial charge in [0.2, 0.25) is 5.91 Å². The van der Waals surface area contributed by atoms with Gasteiger partial charge in [-0.3, -0.25) is 14.0 Å². The maximum atomic E-state index is 11.9. The van der Waals surface area contributed by atoms with Crippen LogP contribution in [0, 0.1) is 0 Å². The maximum absolute atomic E-state index is 11.9. The number of carbonyl (C=O) groups excluding carboxylic acids is 2. The Morgan fingerprint density at radius 3 is 3.21 bits per heavy atom. The summed E-state index contributed by atoms with van der Waals surface area (Å²) in [5, 5.41) is 4.74. The molecule has 1 atom stereocenters. The van der Waals surface area contributed by atoms with Gasteiger partial charge in [-0.2, -0.15) is 0 Å². The highest BCUT2D eigenvalue weighted by Gasteiger charge is 2.31. The molecule has 0 bridgehead atoms. The number of nitrogens with zero attached hydrogens (tertiary/aromatic N) is 3. The van der Waals surface area contributed by atoms with Gasteiger partial charge in [0.05, 0.1) is 0 Å². The van der Waals surface area contributed by atoms with Gasteiger partial charge < -0.3 is 10.2 Å². The van der Waals surface area contributed by atoms with Crippen molar-refractivity contribution in [3.05, 3.63) is 17.3 Å². The van der Waals surface area contributed by atoms with Crippen LogP contribution in [0.2, 0.25) is 0 Å². The van der Waals surface area contributed by atoms with E-state index in [-0.39, 0.29) is 11.9 Å². The lowest BCUT2D eigenvalue weighted by Crippen LogP contribution is -2.55. The molecule has 3 heterocycles. The van der Waals surface area contributed by atoms with Gasteiger partial charge in [-0.25, -0.2) is 4.98 Å². The first-order chi connectivity index (χ1) is 9.26.